The fourth-order valence-electron chi connectivity index (χ4n) is 2.56. The summed E-state index contributed by atoms with van der Waals surface area (Å²) < 4.78 is 0. The molecule has 5 heteroatoms. The predicted molar refractivity (Wildman–Crippen MR) is 80.4 cm³/mol. The molecule has 4 nitrogen and oxygen atoms in total. The van der Waals surface area contributed by atoms with E-state index in [0.29, 0.717) is 0 Å². The largest absolute Gasteiger partial charge is 0.384 e. The Hall–Kier alpha value is -1.35. The minimum atomic E-state index is -0.272. The number of carbonyl (C=O) groups excluding carboxylic acids is 1. The highest BCUT2D eigenvalue weighted by atomic mass is 32.1. The first-order valence-electron chi connectivity index (χ1n) is 6.70. The molecule has 20 heavy (non-hydrogen) atoms. The van der Waals surface area contributed by atoms with Crippen molar-refractivity contribution < 1.29 is 9.90 Å². The molecule has 0 aromatic carbocycles. The van der Waals surface area contributed by atoms with E-state index in [1.54, 1.807) is 18.4 Å². The molecule has 2 N–H and O–H groups in total. The van der Waals surface area contributed by atoms with Crippen LogP contribution in [0, 0.1) is 17.3 Å². The van der Waals surface area contributed by atoms with Gasteiger partial charge in [-0.1, -0.05) is 11.8 Å². The molecule has 108 valence electrons. The molecule has 1 aliphatic heterocycles. The summed E-state index contributed by atoms with van der Waals surface area (Å²) in [5.41, 5.74) is -0.272. The summed E-state index contributed by atoms with van der Waals surface area (Å²) >= 11 is 1.65. The highest BCUT2D eigenvalue weighted by molar-refractivity contribution is 7.12. The van der Waals surface area contributed by atoms with Gasteiger partial charge in [0.25, 0.3) is 0 Å². The lowest BCUT2D eigenvalue weighted by Crippen LogP contribution is -2.39. The van der Waals surface area contributed by atoms with Gasteiger partial charge in [-0.25, -0.2) is 0 Å². The summed E-state index contributed by atoms with van der Waals surface area (Å²) in [5.74, 6) is 5.70. The van der Waals surface area contributed by atoms with Crippen LogP contribution in [-0.4, -0.2) is 42.7 Å². The van der Waals surface area contributed by atoms with Gasteiger partial charge < -0.3 is 10.4 Å². The normalized spacial score (nSPS) is 22.4. The quantitative estimate of drug-likeness (QED) is 0.819. The van der Waals surface area contributed by atoms with Crippen LogP contribution in [0.1, 0.15) is 23.1 Å². The summed E-state index contributed by atoms with van der Waals surface area (Å²) in [6.45, 7) is 4.52. The molecule has 1 aliphatic rings. The molecule has 0 aliphatic carbocycles. The fourth-order valence-corrected chi connectivity index (χ4v) is 3.48. The Bertz CT molecular complexity index is 544. The second-order valence-electron chi connectivity index (χ2n) is 5.33. The third kappa shape index (κ3) is 3.40. The predicted octanol–water partition coefficient (Wildman–Crippen LogP) is 1.05. The molecule has 1 atom stereocenters. The van der Waals surface area contributed by atoms with Gasteiger partial charge in [-0.05, 0) is 32.0 Å². The number of carbonyl (C=O) groups is 1. The number of hydrogen-bond acceptors (Lipinski definition) is 4. The number of amides is 1. The number of likely N-dealkylation sites (tertiary alicyclic amines) is 1. The first kappa shape index (κ1) is 15.0. The SMILES string of the molecule is CNC(=O)C1(C)CCN(Cc2ccc(C#CCO)s2)C1. The molecule has 2 heterocycles. The van der Waals surface area contributed by atoms with Gasteiger partial charge in [0.1, 0.15) is 6.61 Å². The Kier molecular flexibility index (Phi) is 4.81. The van der Waals surface area contributed by atoms with Crippen molar-refractivity contribution in [2.24, 2.45) is 5.41 Å². The average molecular weight is 292 g/mol. The van der Waals surface area contributed by atoms with Crippen LogP contribution in [0.15, 0.2) is 12.1 Å². The summed E-state index contributed by atoms with van der Waals surface area (Å²) in [6.07, 6.45) is 0.898. The second-order valence-corrected chi connectivity index (χ2v) is 6.49. The molecule has 0 radical (unpaired) electrons. The summed E-state index contributed by atoms with van der Waals surface area (Å²) in [6, 6.07) is 4.05. The molecular weight excluding hydrogens is 272 g/mol. The van der Waals surface area contributed by atoms with Crippen LogP contribution >= 0.6 is 11.3 Å². The number of nitrogens with zero attached hydrogens (tertiary/aromatic N) is 1. The fraction of sp³-hybridized carbons (Fsp3) is 0.533. The Morgan fingerprint density at radius 3 is 3.10 bits per heavy atom. The molecule has 0 saturated carbocycles. The molecule has 1 aromatic rings. The molecular formula is C15H20N2O2S. The molecule has 1 unspecified atom stereocenters. The molecule has 2 rings (SSSR count). The van der Waals surface area contributed by atoms with Gasteiger partial charge in [0, 0.05) is 25.0 Å². The van der Waals surface area contributed by atoms with E-state index in [4.69, 9.17) is 5.11 Å². The minimum Gasteiger partial charge on any atom is -0.384 e. The maximum atomic E-state index is 11.9. The van der Waals surface area contributed by atoms with E-state index in [0.717, 1.165) is 30.9 Å². The van der Waals surface area contributed by atoms with Crippen molar-refractivity contribution in [3.05, 3.63) is 21.9 Å². The van der Waals surface area contributed by atoms with Crippen LogP contribution in [0.5, 0.6) is 0 Å². The van der Waals surface area contributed by atoms with Crippen LogP contribution in [0.2, 0.25) is 0 Å². The number of hydrogen-bond donors (Lipinski definition) is 2. The zero-order valence-corrected chi connectivity index (χ0v) is 12.7. The maximum Gasteiger partial charge on any atom is 0.227 e. The molecule has 1 amide bonds. The zero-order chi connectivity index (χ0) is 14.6. The minimum absolute atomic E-state index is 0.107. The van der Waals surface area contributed by atoms with E-state index in [-0.39, 0.29) is 17.9 Å². The van der Waals surface area contributed by atoms with Gasteiger partial charge in [-0.2, -0.15) is 0 Å². The number of thiophene rings is 1. The van der Waals surface area contributed by atoms with E-state index >= 15 is 0 Å². The van der Waals surface area contributed by atoms with Gasteiger partial charge in [-0.15, -0.1) is 11.3 Å². The van der Waals surface area contributed by atoms with E-state index in [2.05, 4.69) is 28.1 Å². The van der Waals surface area contributed by atoms with E-state index < -0.39 is 0 Å². The summed E-state index contributed by atoms with van der Waals surface area (Å²) in [7, 11) is 1.70. The van der Waals surface area contributed by atoms with E-state index in [9.17, 15) is 4.79 Å². The zero-order valence-electron chi connectivity index (χ0n) is 11.9. The number of aliphatic hydroxyl groups excluding tert-OH is 1. The van der Waals surface area contributed by atoms with Crippen LogP contribution < -0.4 is 5.32 Å². The van der Waals surface area contributed by atoms with Gasteiger partial charge in [0.15, 0.2) is 0 Å². The third-order valence-electron chi connectivity index (χ3n) is 3.66. The van der Waals surface area contributed by atoms with Gasteiger partial charge >= 0.3 is 0 Å². The van der Waals surface area contributed by atoms with Gasteiger partial charge in [0.2, 0.25) is 5.91 Å². The Balaban J connectivity index is 1.95. The van der Waals surface area contributed by atoms with Gasteiger partial charge in [-0.3, -0.25) is 9.69 Å². The standard InChI is InChI=1S/C15H20N2O2S/c1-15(14(19)16-2)7-8-17(11-15)10-13-6-5-12(20-13)4-3-9-18/h5-6,18H,7-11H2,1-2H3,(H,16,19). The highest BCUT2D eigenvalue weighted by Gasteiger charge is 2.39. The first-order valence-corrected chi connectivity index (χ1v) is 7.52. The smallest absolute Gasteiger partial charge is 0.227 e. The van der Waals surface area contributed by atoms with Crippen molar-refractivity contribution in [2.75, 3.05) is 26.7 Å². The van der Waals surface area contributed by atoms with Crippen molar-refractivity contribution in [1.29, 1.82) is 0 Å². The van der Waals surface area contributed by atoms with Crippen LogP contribution in [-0.2, 0) is 11.3 Å². The molecule has 1 aromatic heterocycles. The molecule has 1 saturated heterocycles. The molecule has 0 bridgehead atoms. The van der Waals surface area contributed by atoms with Crippen LogP contribution in [0.3, 0.4) is 0 Å². The Morgan fingerprint density at radius 2 is 2.40 bits per heavy atom. The number of aliphatic hydroxyl groups is 1. The van der Waals surface area contributed by atoms with Crippen molar-refractivity contribution in [3.8, 4) is 11.8 Å². The van der Waals surface area contributed by atoms with Crippen molar-refractivity contribution in [1.82, 2.24) is 10.2 Å². The average Bonchev–Trinajstić information content (AvgIpc) is 3.04. The monoisotopic (exact) mass is 292 g/mol. The van der Waals surface area contributed by atoms with E-state index in [1.807, 2.05) is 13.0 Å². The lowest BCUT2D eigenvalue weighted by atomic mass is 9.89. The topological polar surface area (TPSA) is 52.6 Å². The van der Waals surface area contributed by atoms with Crippen LogP contribution in [0.4, 0.5) is 0 Å². The second kappa shape index (κ2) is 6.40. The molecule has 1 fully saturated rings. The summed E-state index contributed by atoms with van der Waals surface area (Å²) in [4.78, 5) is 16.4. The Morgan fingerprint density at radius 1 is 1.60 bits per heavy atom. The van der Waals surface area contributed by atoms with E-state index in [1.165, 1.54) is 4.88 Å². The number of nitrogens with one attached hydrogen (secondary N) is 1. The lowest BCUT2D eigenvalue weighted by molar-refractivity contribution is -0.129. The lowest BCUT2D eigenvalue weighted by Gasteiger charge is -2.22. The summed E-state index contributed by atoms with van der Waals surface area (Å²) in [5, 5.41) is 11.4. The first-order chi connectivity index (χ1) is 9.57. The Labute approximate surface area is 123 Å². The molecule has 0 spiro atoms. The van der Waals surface area contributed by atoms with Crippen molar-refractivity contribution >= 4 is 17.2 Å². The third-order valence-corrected chi connectivity index (χ3v) is 4.64. The maximum absolute atomic E-state index is 11.9. The van der Waals surface area contributed by atoms with Gasteiger partial charge in [0.05, 0.1) is 10.3 Å². The highest BCUT2D eigenvalue weighted by Crippen LogP contribution is 2.31. The van der Waals surface area contributed by atoms with Crippen molar-refractivity contribution in [3.63, 3.8) is 0 Å². The van der Waals surface area contributed by atoms with Crippen LogP contribution in [0.25, 0.3) is 0 Å². The number of rotatable bonds is 3. The van der Waals surface area contributed by atoms with Crippen molar-refractivity contribution in [2.45, 2.75) is 19.9 Å².